The van der Waals surface area contributed by atoms with Crippen LogP contribution in [0.25, 0.3) is 11.3 Å². The average molecular weight is 336 g/mol. The predicted molar refractivity (Wildman–Crippen MR) is 94.0 cm³/mol. The van der Waals surface area contributed by atoms with Gasteiger partial charge in [-0.1, -0.05) is 42.5 Å². The van der Waals surface area contributed by atoms with Gasteiger partial charge in [-0.15, -0.1) is 0 Å². The van der Waals surface area contributed by atoms with E-state index in [2.05, 4.69) is 15.3 Å². The second kappa shape index (κ2) is 7.50. The molecule has 0 amide bonds. The quantitative estimate of drug-likeness (QED) is 0.529. The van der Waals surface area contributed by atoms with E-state index in [9.17, 15) is 15.2 Å². The third-order valence-electron chi connectivity index (χ3n) is 3.68. The minimum atomic E-state index is -0.669. The molecule has 25 heavy (non-hydrogen) atoms. The highest BCUT2D eigenvalue weighted by atomic mass is 16.6. The zero-order chi connectivity index (χ0) is 17.6. The number of rotatable bonds is 6. The van der Waals surface area contributed by atoms with Gasteiger partial charge in [0.2, 0.25) is 0 Å². The number of non-ortho nitro benzene ring substituents is 1. The normalized spacial score (nSPS) is 11.7. The molecule has 2 aromatic carbocycles. The molecule has 0 aliphatic carbocycles. The lowest BCUT2D eigenvalue weighted by Crippen LogP contribution is -2.13. The molecule has 0 spiro atoms. The van der Waals surface area contributed by atoms with E-state index < -0.39 is 11.0 Å². The summed E-state index contributed by atoms with van der Waals surface area (Å²) in [4.78, 5) is 18.7. The summed E-state index contributed by atoms with van der Waals surface area (Å²) in [7, 11) is 0. The van der Waals surface area contributed by atoms with E-state index in [1.54, 1.807) is 18.2 Å². The fourth-order valence-electron chi connectivity index (χ4n) is 2.38. The van der Waals surface area contributed by atoms with Crippen molar-refractivity contribution >= 4 is 11.5 Å². The third kappa shape index (κ3) is 4.15. The summed E-state index contributed by atoms with van der Waals surface area (Å²) in [6.07, 6.45) is 0.711. The van der Waals surface area contributed by atoms with Gasteiger partial charge in [-0.2, -0.15) is 0 Å². The highest BCUT2D eigenvalue weighted by molar-refractivity contribution is 5.64. The molecule has 3 aromatic rings. The van der Waals surface area contributed by atoms with Gasteiger partial charge in [0.15, 0.2) is 0 Å². The van der Waals surface area contributed by atoms with Crippen molar-refractivity contribution in [2.24, 2.45) is 0 Å². The second-order valence-corrected chi connectivity index (χ2v) is 5.40. The monoisotopic (exact) mass is 336 g/mol. The Labute approximate surface area is 144 Å². The lowest BCUT2D eigenvalue weighted by atomic mass is 10.1. The maximum absolute atomic E-state index is 10.9. The van der Waals surface area contributed by atoms with Crippen LogP contribution in [0.5, 0.6) is 0 Å². The predicted octanol–water partition coefficient (Wildman–Crippen LogP) is 3.20. The molecular weight excluding hydrogens is 320 g/mol. The Hall–Kier alpha value is -3.32. The molecule has 126 valence electrons. The Balaban J connectivity index is 1.73. The summed E-state index contributed by atoms with van der Waals surface area (Å²) in [6, 6.07) is 17.3. The summed E-state index contributed by atoms with van der Waals surface area (Å²) in [5.74, 6) is 0.534. The van der Waals surface area contributed by atoms with Crippen LogP contribution in [0.3, 0.4) is 0 Å². The molecule has 7 heteroatoms. The van der Waals surface area contributed by atoms with Crippen LogP contribution in [-0.4, -0.2) is 26.5 Å². The van der Waals surface area contributed by atoms with Crippen LogP contribution < -0.4 is 5.32 Å². The zero-order valence-corrected chi connectivity index (χ0v) is 13.2. The highest BCUT2D eigenvalue weighted by Gasteiger charge is 2.10. The number of hydrogen-bond acceptors (Lipinski definition) is 6. The number of nitrogens with zero attached hydrogens (tertiary/aromatic N) is 3. The molecule has 0 aliphatic rings. The minimum Gasteiger partial charge on any atom is -0.387 e. The lowest BCUT2D eigenvalue weighted by Gasteiger charge is -2.13. The van der Waals surface area contributed by atoms with Crippen molar-refractivity contribution in [3.05, 3.63) is 82.7 Å². The van der Waals surface area contributed by atoms with E-state index in [-0.39, 0.29) is 12.2 Å². The number of hydrogen-bond donors (Lipinski definition) is 2. The molecule has 1 aromatic heterocycles. The van der Waals surface area contributed by atoms with Crippen molar-refractivity contribution in [2.45, 2.75) is 6.10 Å². The van der Waals surface area contributed by atoms with Crippen molar-refractivity contribution < 1.29 is 10.0 Å². The summed E-state index contributed by atoms with van der Waals surface area (Å²) < 4.78 is 0. The van der Waals surface area contributed by atoms with Crippen LogP contribution in [0, 0.1) is 10.1 Å². The molecule has 7 nitrogen and oxygen atoms in total. The van der Waals surface area contributed by atoms with Crippen molar-refractivity contribution in [3.8, 4) is 11.3 Å². The number of anilines is 1. The molecule has 0 radical (unpaired) electrons. The van der Waals surface area contributed by atoms with E-state index in [0.717, 1.165) is 5.56 Å². The van der Waals surface area contributed by atoms with Gasteiger partial charge in [0, 0.05) is 30.3 Å². The molecule has 3 rings (SSSR count). The average Bonchev–Trinajstić information content (AvgIpc) is 2.67. The zero-order valence-electron chi connectivity index (χ0n) is 13.2. The molecular formula is C18H16N4O3. The molecule has 0 bridgehead atoms. The number of aliphatic hydroxyl groups excluding tert-OH is 1. The number of aromatic nitrogens is 2. The molecule has 0 saturated carbocycles. The molecule has 1 atom stereocenters. The van der Waals surface area contributed by atoms with Gasteiger partial charge < -0.3 is 10.4 Å². The van der Waals surface area contributed by atoms with Gasteiger partial charge in [0.05, 0.1) is 16.7 Å². The van der Waals surface area contributed by atoms with Gasteiger partial charge in [-0.25, -0.2) is 9.97 Å². The Kier molecular flexibility index (Phi) is 4.96. The van der Waals surface area contributed by atoms with E-state index in [0.29, 0.717) is 17.1 Å². The lowest BCUT2D eigenvalue weighted by molar-refractivity contribution is -0.384. The topological polar surface area (TPSA) is 101 Å². The van der Waals surface area contributed by atoms with E-state index in [1.165, 1.54) is 18.5 Å². The van der Waals surface area contributed by atoms with Crippen molar-refractivity contribution in [1.82, 2.24) is 9.97 Å². The van der Waals surface area contributed by atoms with Crippen LogP contribution in [0.15, 0.2) is 67.0 Å². The van der Waals surface area contributed by atoms with Crippen molar-refractivity contribution in [3.63, 3.8) is 0 Å². The van der Waals surface area contributed by atoms with E-state index >= 15 is 0 Å². The van der Waals surface area contributed by atoms with Crippen LogP contribution in [0.2, 0.25) is 0 Å². The van der Waals surface area contributed by atoms with E-state index in [1.807, 2.05) is 30.3 Å². The highest BCUT2D eigenvalue weighted by Crippen LogP contribution is 2.23. The van der Waals surface area contributed by atoms with Crippen LogP contribution >= 0.6 is 0 Å². The van der Waals surface area contributed by atoms with Crippen molar-refractivity contribution in [2.75, 3.05) is 11.9 Å². The van der Waals surface area contributed by atoms with Crippen LogP contribution in [0.4, 0.5) is 11.5 Å². The first-order valence-electron chi connectivity index (χ1n) is 7.67. The number of nitro groups is 1. The van der Waals surface area contributed by atoms with Crippen LogP contribution in [-0.2, 0) is 0 Å². The number of benzene rings is 2. The first-order valence-corrected chi connectivity index (χ1v) is 7.67. The maximum atomic E-state index is 10.9. The molecule has 0 fully saturated rings. The second-order valence-electron chi connectivity index (χ2n) is 5.40. The fourth-order valence-corrected chi connectivity index (χ4v) is 2.38. The minimum absolute atomic E-state index is 0.00474. The van der Waals surface area contributed by atoms with Gasteiger partial charge >= 0.3 is 0 Å². The smallest absolute Gasteiger partial charge is 0.270 e. The van der Waals surface area contributed by atoms with Gasteiger partial charge in [0.1, 0.15) is 12.1 Å². The standard InChI is InChI=1S/C18H16N4O3/c23-17(13-5-2-1-3-6-13)11-19-18-10-16(20-12-21-18)14-7-4-8-15(9-14)22(24)25/h1-10,12,17,23H,11H2,(H,19,20,21). The summed E-state index contributed by atoms with van der Waals surface area (Å²) in [5.41, 5.74) is 2.01. The van der Waals surface area contributed by atoms with E-state index in [4.69, 9.17) is 0 Å². The van der Waals surface area contributed by atoms with Gasteiger partial charge in [-0.3, -0.25) is 10.1 Å². The Morgan fingerprint density at radius 3 is 2.64 bits per heavy atom. The summed E-state index contributed by atoms with van der Waals surface area (Å²) in [6.45, 7) is 0.287. The maximum Gasteiger partial charge on any atom is 0.270 e. The van der Waals surface area contributed by atoms with Gasteiger partial charge in [-0.05, 0) is 5.56 Å². The molecule has 1 heterocycles. The SMILES string of the molecule is O=[N+]([O-])c1cccc(-c2cc(NCC(O)c3ccccc3)ncn2)c1. The Morgan fingerprint density at radius 1 is 1.08 bits per heavy atom. The van der Waals surface area contributed by atoms with Crippen LogP contribution in [0.1, 0.15) is 11.7 Å². The number of aliphatic hydroxyl groups is 1. The Bertz CT molecular complexity index is 871. The Morgan fingerprint density at radius 2 is 1.88 bits per heavy atom. The molecule has 2 N–H and O–H groups in total. The largest absolute Gasteiger partial charge is 0.387 e. The van der Waals surface area contributed by atoms with Crippen molar-refractivity contribution in [1.29, 1.82) is 0 Å². The summed E-state index contributed by atoms with van der Waals surface area (Å²) >= 11 is 0. The number of nitro benzene ring substituents is 1. The third-order valence-corrected chi connectivity index (χ3v) is 3.68. The fraction of sp³-hybridized carbons (Fsp3) is 0.111. The molecule has 1 unspecified atom stereocenters. The summed E-state index contributed by atoms with van der Waals surface area (Å²) in [5, 5.41) is 24.1. The molecule has 0 aliphatic heterocycles. The first-order chi connectivity index (χ1) is 12.1. The van der Waals surface area contributed by atoms with Gasteiger partial charge in [0.25, 0.3) is 5.69 Å². The molecule has 0 saturated heterocycles. The number of nitrogens with one attached hydrogen (secondary N) is 1. The first kappa shape index (κ1) is 16.5.